The van der Waals surface area contributed by atoms with Crippen molar-refractivity contribution in [3.05, 3.63) is 24.9 Å². The maximum atomic E-state index is 5.10. The van der Waals surface area contributed by atoms with Crippen molar-refractivity contribution in [3.8, 4) is 0 Å². The molecule has 0 spiro atoms. The predicted octanol–water partition coefficient (Wildman–Crippen LogP) is 3.60. The zero-order valence-electron chi connectivity index (χ0n) is 11.2. The van der Waals surface area contributed by atoms with Crippen LogP contribution in [0.3, 0.4) is 0 Å². The van der Waals surface area contributed by atoms with Gasteiger partial charge >= 0.3 is 0 Å². The van der Waals surface area contributed by atoms with Crippen LogP contribution in [0.25, 0.3) is 0 Å². The number of hydrogen-bond donors (Lipinski definition) is 2. The lowest BCUT2D eigenvalue weighted by atomic mass is 10.1. The van der Waals surface area contributed by atoms with Gasteiger partial charge in [0.05, 0.1) is 0 Å². The van der Waals surface area contributed by atoms with Crippen LogP contribution in [0.15, 0.2) is 24.9 Å². The van der Waals surface area contributed by atoms with Crippen LogP contribution in [0, 0.1) is 0 Å². The molecule has 96 valence electrons. The summed E-state index contributed by atoms with van der Waals surface area (Å²) in [6, 6.07) is 0. The van der Waals surface area contributed by atoms with Gasteiger partial charge in [-0.25, -0.2) is 0 Å². The highest BCUT2D eigenvalue weighted by atomic mass is 14.8. The summed E-state index contributed by atoms with van der Waals surface area (Å²) >= 11 is 0. The molecule has 0 heterocycles. The van der Waals surface area contributed by atoms with Gasteiger partial charge in [-0.05, 0) is 26.0 Å². The predicted molar refractivity (Wildman–Crippen MR) is 75.4 cm³/mol. The van der Waals surface area contributed by atoms with Crippen LogP contribution in [0.2, 0.25) is 0 Å². The molecule has 0 radical (unpaired) electrons. The molecule has 16 heavy (non-hydrogen) atoms. The molecule has 0 atom stereocenters. The van der Waals surface area contributed by atoms with Crippen molar-refractivity contribution in [2.75, 3.05) is 13.1 Å². The molecule has 0 bridgehead atoms. The molecule has 2 heteroatoms. The standard InChI is InChI=1S/C10H20.C4H10N2/c1-3-5-7-9-10-8-6-4-2;1-2-6-4-3-5/h3,5H,4,6-10H2,1-2H3;2,6H,1,3-5H2/b5-3+;. The fraction of sp³-hybridized carbons (Fsp3) is 0.714. The molecule has 3 N–H and O–H groups in total. The molecule has 0 rings (SSSR count). The summed E-state index contributed by atoms with van der Waals surface area (Å²) in [5, 5.41) is 2.84. The highest BCUT2D eigenvalue weighted by Gasteiger charge is 1.84. The first kappa shape index (κ1) is 17.6. The number of unbranched alkanes of at least 4 members (excludes halogenated alkanes) is 5. The Balaban J connectivity index is 0. The first-order chi connectivity index (χ1) is 7.83. The average molecular weight is 226 g/mol. The van der Waals surface area contributed by atoms with Gasteiger partial charge in [0, 0.05) is 13.1 Å². The Morgan fingerprint density at radius 3 is 2.31 bits per heavy atom. The van der Waals surface area contributed by atoms with Crippen molar-refractivity contribution < 1.29 is 0 Å². The summed E-state index contributed by atoms with van der Waals surface area (Å²) in [7, 11) is 0. The summed E-state index contributed by atoms with van der Waals surface area (Å²) in [6.07, 6.45) is 14.3. The van der Waals surface area contributed by atoms with Gasteiger partial charge in [0.15, 0.2) is 0 Å². The largest absolute Gasteiger partial charge is 0.390 e. The monoisotopic (exact) mass is 226 g/mol. The minimum Gasteiger partial charge on any atom is -0.390 e. The smallest absolute Gasteiger partial charge is 0.0264 e. The maximum absolute atomic E-state index is 5.10. The van der Waals surface area contributed by atoms with E-state index in [0.717, 1.165) is 6.54 Å². The van der Waals surface area contributed by atoms with Crippen molar-refractivity contribution in [1.29, 1.82) is 0 Å². The van der Waals surface area contributed by atoms with E-state index in [-0.39, 0.29) is 0 Å². The van der Waals surface area contributed by atoms with Crippen LogP contribution in [-0.2, 0) is 0 Å². The molecule has 0 aromatic rings. The highest BCUT2D eigenvalue weighted by molar-refractivity contribution is 4.76. The third kappa shape index (κ3) is 23.2. The summed E-state index contributed by atoms with van der Waals surface area (Å²) in [5.74, 6) is 0. The lowest BCUT2D eigenvalue weighted by Gasteiger charge is -1.95. The normalized spacial score (nSPS) is 9.69. The van der Waals surface area contributed by atoms with Gasteiger partial charge in [-0.15, -0.1) is 0 Å². The third-order valence-corrected chi connectivity index (χ3v) is 2.14. The minimum atomic E-state index is 0.673. The van der Waals surface area contributed by atoms with Crippen LogP contribution < -0.4 is 11.1 Å². The third-order valence-electron chi connectivity index (χ3n) is 2.14. The van der Waals surface area contributed by atoms with Crippen molar-refractivity contribution in [2.24, 2.45) is 5.73 Å². The van der Waals surface area contributed by atoms with Gasteiger partial charge < -0.3 is 11.1 Å². The van der Waals surface area contributed by atoms with Crippen molar-refractivity contribution in [1.82, 2.24) is 5.32 Å². The van der Waals surface area contributed by atoms with E-state index >= 15 is 0 Å². The minimum absolute atomic E-state index is 0.673. The lowest BCUT2D eigenvalue weighted by Crippen LogP contribution is -2.16. The Bertz CT molecular complexity index is 142. The number of rotatable bonds is 9. The van der Waals surface area contributed by atoms with Gasteiger partial charge in [-0.3, -0.25) is 0 Å². The van der Waals surface area contributed by atoms with Crippen LogP contribution in [0.5, 0.6) is 0 Å². The van der Waals surface area contributed by atoms with Crippen molar-refractivity contribution in [2.45, 2.75) is 52.4 Å². The molecule has 0 aliphatic heterocycles. The van der Waals surface area contributed by atoms with E-state index < -0.39 is 0 Å². The molecule has 0 saturated carbocycles. The summed E-state index contributed by atoms with van der Waals surface area (Å²) in [5.41, 5.74) is 5.10. The van der Waals surface area contributed by atoms with Gasteiger partial charge in [0.1, 0.15) is 0 Å². The Morgan fingerprint density at radius 2 is 1.88 bits per heavy atom. The Labute approximate surface area is 102 Å². The Hall–Kier alpha value is -0.760. The fourth-order valence-corrected chi connectivity index (χ4v) is 1.22. The second kappa shape index (κ2) is 19.8. The van der Waals surface area contributed by atoms with E-state index in [9.17, 15) is 0 Å². The van der Waals surface area contributed by atoms with E-state index in [1.165, 1.54) is 38.5 Å². The molecule has 0 aromatic carbocycles. The second-order valence-corrected chi connectivity index (χ2v) is 3.72. The van der Waals surface area contributed by atoms with E-state index in [0.29, 0.717) is 6.54 Å². The Kier molecular flexibility index (Phi) is 21.8. The molecular formula is C14H30N2. The zero-order valence-corrected chi connectivity index (χ0v) is 11.2. The van der Waals surface area contributed by atoms with Crippen LogP contribution in [0.4, 0.5) is 0 Å². The second-order valence-electron chi connectivity index (χ2n) is 3.72. The number of allylic oxidation sites excluding steroid dienone is 2. The van der Waals surface area contributed by atoms with Crippen LogP contribution >= 0.6 is 0 Å². The van der Waals surface area contributed by atoms with E-state index in [1.54, 1.807) is 6.20 Å². The fourth-order valence-electron chi connectivity index (χ4n) is 1.22. The van der Waals surface area contributed by atoms with Gasteiger partial charge in [-0.2, -0.15) is 0 Å². The number of nitrogens with one attached hydrogen (secondary N) is 1. The summed E-state index contributed by atoms with van der Waals surface area (Å²) in [4.78, 5) is 0. The SMILES string of the molecule is C/C=C/CCCCCCC.C=CNCCN. The quantitative estimate of drug-likeness (QED) is 0.465. The topological polar surface area (TPSA) is 38.0 Å². The van der Waals surface area contributed by atoms with E-state index in [1.807, 2.05) is 0 Å². The zero-order chi connectivity index (χ0) is 12.5. The van der Waals surface area contributed by atoms with Gasteiger partial charge in [0.25, 0.3) is 0 Å². The van der Waals surface area contributed by atoms with E-state index in [2.05, 4.69) is 37.9 Å². The van der Waals surface area contributed by atoms with Gasteiger partial charge in [-0.1, -0.05) is 51.3 Å². The molecule has 0 unspecified atom stereocenters. The molecule has 0 amide bonds. The van der Waals surface area contributed by atoms with Crippen molar-refractivity contribution >= 4 is 0 Å². The van der Waals surface area contributed by atoms with Crippen LogP contribution in [0.1, 0.15) is 52.4 Å². The molecule has 0 saturated heterocycles. The van der Waals surface area contributed by atoms with Gasteiger partial charge in [0.2, 0.25) is 0 Å². The lowest BCUT2D eigenvalue weighted by molar-refractivity contribution is 0.637. The number of hydrogen-bond acceptors (Lipinski definition) is 2. The van der Waals surface area contributed by atoms with E-state index in [4.69, 9.17) is 5.73 Å². The molecule has 2 nitrogen and oxygen atoms in total. The first-order valence-electron chi connectivity index (χ1n) is 6.48. The molecule has 0 aliphatic rings. The molecule has 0 aromatic heterocycles. The first-order valence-corrected chi connectivity index (χ1v) is 6.48. The summed E-state index contributed by atoms with van der Waals surface area (Å²) in [6.45, 7) is 9.27. The Morgan fingerprint density at radius 1 is 1.19 bits per heavy atom. The summed E-state index contributed by atoms with van der Waals surface area (Å²) < 4.78 is 0. The molecular weight excluding hydrogens is 196 g/mol. The maximum Gasteiger partial charge on any atom is 0.0264 e. The molecule has 0 aliphatic carbocycles. The highest BCUT2D eigenvalue weighted by Crippen LogP contribution is 2.04. The molecule has 0 fully saturated rings. The van der Waals surface area contributed by atoms with Crippen molar-refractivity contribution in [3.63, 3.8) is 0 Å². The number of nitrogens with two attached hydrogens (primary N) is 1. The average Bonchev–Trinajstić information content (AvgIpc) is 2.32. The van der Waals surface area contributed by atoms with Crippen LogP contribution in [-0.4, -0.2) is 13.1 Å².